The van der Waals surface area contributed by atoms with Crippen molar-refractivity contribution in [2.45, 2.75) is 32.3 Å². The smallest absolute Gasteiger partial charge is 0.130 e. The zero-order valence-corrected chi connectivity index (χ0v) is 13.3. The fourth-order valence-electron chi connectivity index (χ4n) is 3.00. The van der Waals surface area contributed by atoms with Crippen molar-refractivity contribution in [1.82, 2.24) is 4.98 Å². The number of rotatable bonds is 2. The van der Waals surface area contributed by atoms with Gasteiger partial charge in [0.1, 0.15) is 5.82 Å². The number of piperidine rings is 1. The average molecular weight is 316 g/mol. The summed E-state index contributed by atoms with van der Waals surface area (Å²) in [4.78, 5) is 6.94. The lowest BCUT2D eigenvalue weighted by Crippen LogP contribution is -2.30. The lowest BCUT2D eigenvalue weighted by molar-refractivity contribution is 0.200. The van der Waals surface area contributed by atoms with Gasteiger partial charge < -0.3 is 10.0 Å². The average Bonchev–Trinajstić information content (AvgIpc) is 2.53. The van der Waals surface area contributed by atoms with Crippen LogP contribution >= 0.6 is 11.6 Å². The lowest BCUT2D eigenvalue weighted by Gasteiger charge is -2.28. The predicted molar refractivity (Wildman–Crippen MR) is 88.2 cm³/mol. The van der Waals surface area contributed by atoms with Crippen molar-refractivity contribution in [2.24, 2.45) is 0 Å². The number of fused-ring (bicyclic) bond motifs is 1. The number of anilines is 1. The highest BCUT2D eigenvalue weighted by Gasteiger charge is 2.18. The van der Waals surface area contributed by atoms with Crippen molar-refractivity contribution < 1.29 is 5.11 Å². The molecule has 1 unspecified atom stereocenters. The Kier molecular flexibility index (Phi) is 4.19. The molecule has 0 bridgehead atoms. The molecule has 3 rings (SSSR count). The molecule has 114 valence electrons. The Hall–Kier alpha value is -1.83. The maximum atomic E-state index is 10.0. The van der Waals surface area contributed by atoms with Crippen LogP contribution in [0.15, 0.2) is 18.2 Å². The minimum Gasteiger partial charge on any atom is -0.389 e. The van der Waals surface area contributed by atoms with E-state index in [0.29, 0.717) is 27.1 Å². The second kappa shape index (κ2) is 6.12. The van der Waals surface area contributed by atoms with E-state index in [2.05, 4.69) is 11.0 Å². The van der Waals surface area contributed by atoms with E-state index in [1.165, 1.54) is 6.42 Å². The zero-order chi connectivity index (χ0) is 15.7. The topological polar surface area (TPSA) is 60.1 Å². The predicted octanol–water partition coefficient (Wildman–Crippen LogP) is 3.80. The van der Waals surface area contributed by atoms with Gasteiger partial charge in [-0.1, -0.05) is 11.6 Å². The molecule has 0 aliphatic carbocycles. The van der Waals surface area contributed by atoms with E-state index < -0.39 is 6.10 Å². The molecule has 1 aliphatic heterocycles. The van der Waals surface area contributed by atoms with Crippen LogP contribution in [0.25, 0.3) is 10.9 Å². The summed E-state index contributed by atoms with van der Waals surface area (Å²) >= 11 is 6.13. The molecule has 0 spiro atoms. The van der Waals surface area contributed by atoms with Crippen LogP contribution in [0.4, 0.5) is 5.82 Å². The quantitative estimate of drug-likeness (QED) is 0.915. The second-order valence-electron chi connectivity index (χ2n) is 5.75. The minimum atomic E-state index is -0.683. The number of pyridine rings is 1. The first-order valence-electron chi connectivity index (χ1n) is 7.57. The monoisotopic (exact) mass is 315 g/mol. The summed E-state index contributed by atoms with van der Waals surface area (Å²) in [6.07, 6.45) is 2.84. The molecule has 2 heterocycles. The Labute approximate surface area is 134 Å². The molecule has 1 atom stereocenters. The lowest BCUT2D eigenvalue weighted by atomic mass is 10.0. The van der Waals surface area contributed by atoms with Gasteiger partial charge in [-0.05, 0) is 44.4 Å². The molecule has 1 N–H and O–H groups in total. The standard InChI is InChI=1S/C17H18ClN3O/c1-11(22)14-8-13(18)9-15-12(10-19)7-16(20-17(14)15)21-5-3-2-4-6-21/h7-9,11,22H,2-6H2,1H3. The number of nitrogens with zero attached hydrogens (tertiary/aromatic N) is 3. The van der Waals surface area contributed by atoms with Crippen LogP contribution in [0, 0.1) is 11.3 Å². The van der Waals surface area contributed by atoms with Gasteiger partial charge in [0, 0.05) is 29.1 Å². The van der Waals surface area contributed by atoms with Gasteiger partial charge in [0.15, 0.2) is 0 Å². The summed E-state index contributed by atoms with van der Waals surface area (Å²) in [5, 5.41) is 20.7. The van der Waals surface area contributed by atoms with E-state index in [1.54, 1.807) is 19.1 Å². The van der Waals surface area contributed by atoms with Gasteiger partial charge >= 0.3 is 0 Å². The van der Waals surface area contributed by atoms with Crippen LogP contribution in [0.2, 0.25) is 5.02 Å². The number of hydrogen-bond acceptors (Lipinski definition) is 4. The van der Waals surface area contributed by atoms with E-state index in [4.69, 9.17) is 16.6 Å². The summed E-state index contributed by atoms with van der Waals surface area (Å²) < 4.78 is 0. The number of aromatic nitrogens is 1. The minimum absolute atomic E-state index is 0.507. The fourth-order valence-corrected chi connectivity index (χ4v) is 3.23. The maximum absolute atomic E-state index is 10.0. The Morgan fingerprint density at radius 3 is 2.64 bits per heavy atom. The van der Waals surface area contributed by atoms with Gasteiger partial charge in [0.05, 0.1) is 23.3 Å². The van der Waals surface area contributed by atoms with Gasteiger partial charge in [0.25, 0.3) is 0 Å². The molecular weight excluding hydrogens is 298 g/mol. The molecule has 1 aliphatic rings. The van der Waals surface area contributed by atoms with Crippen molar-refractivity contribution in [3.8, 4) is 6.07 Å². The first-order valence-corrected chi connectivity index (χ1v) is 7.95. The van der Waals surface area contributed by atoms with Crippen molar-refractivity contribution in [2.75, 3.05) is 18.0 Å². The molecule has 1 aromatic carbocycles. The molecule has 5 heteroatoms. The van der Waals surface area contributed by atoms with Crippen LogP contribution in [-0.2, 0) is 0 Å². The summed E-state index contributed by atoms with van der Waals surface area (Å²) in [7, 11) is 0. The summed E-state index contributed by atoms with van der Waals surface area (Å²) in [5.41, 5.74) is 1.88. The molecule has 22 heavy (non-hydrogen) atoms. The van der Waals surface area contributed by atoms with E-state index in [9.17, 15) is 10.4 Å². The fraction of sp³-hybridized carbons (Fsp3) is 0.412. The highest BCUT2D eigenvalue weighted by atomic mass is 35.5. The van der Waals surface area contributed by atoms with Crippen LogP contribution in [-0.4, -0.2) is 23.2 Å². The van der Waals surface area contributed by atoms with Crippen molar-refractivity contribution >= 4 is 28.3 Å². The van der Waals surface area contributed by atoms with Crippen LogP contribution in [0.3, 0.4) is 0 Å². The number of aliphatic hydroxyl groups is 1. The van der Waals surface area contributed by atoms with Gasteiger partial charge in [-0.15, -0.1) is 0 Å². The van der Waals surface area contributed by atoms with Gasteiger partial charge in [-0.25, -0.2) is 4.98 Å². The molecule has 1 saturated heterocycles. The molecule has 0 saturated carbocycles. The van der Waals surface area contributed by atoms with E-state index in [0.717, 1.165) is 31.7 Å². The van der Waals surface area contributed by atoms with E-state index in [1.807, 2.05) is 6.07 Å². The third-order valence-corrected chi connectivity index (χ3v) is 4.36. The number of nitriles is 1. The Bertz CT molecular complexity index is 746. The van der Waals surface area contributed by atoms with Crippen molar-refractivity contribution in [1.29, 1.82) is 5.26 Å². The first-order chi connectivity index (χ1) is 10.6. The Balaban J connectivity index is 2.23. The Morgan fingerprint density at radius 2 is 2.00 bits per heavy atom. The summed E-state index contributed by atoms with van der Waals surface area (Å²) in [6, 6.07) is 7.53. The highest BCUT2D eigenvalue weighted by Crippen LogP contribution is 2.32. The van der Waals surface area contributed by atoms with Crippen molar-refractivity contribution in [3.63, 3.8) is 0 Å². The van der Waals surface area contributed by atoms with Gasteiger partial charge in [-0.2, -0.15) is 5.26 Å². The van der Waals surface area contributed by atoms with E-state index in [-0.39, 0.29) is 0 Å². The first kappa shape index (κ1) is 15.1. The van der Waals surface area contributed by atoms with E-state index >= 15 is 0 Å². The van der Waals surface area contributed by atoms with Crippen LogP contribution < -0.4 is 4.90 Å². The highest BCUT2D eigenvalue weighted by molar-refractivity contribution is 6.31. The third-order valence-electron chi connectivity index (χ3n) is 4.14. The molecule has 4 nitrogen and oxygen atoms in total. The Morgan fingerprint density at radius 1 is 1.27 bits per heavy atom. The molecule has 1 aromatic heterocycles. The molecule has 0 amide bonds. The molecular formula is C17H18ClN3O. The van der Waals surface area contributed by atoms with Crippen molar-refractivity contribution in [3.05, 3.63) is 34.3 Å². The zero-order valence-electron chi connectivity index (χ0n) is 12.5. The SMILES string of the molecule is CC(O)c1cc(Cl)cc2c(C#N)cc(N3CCCCC3)nc12. The normalized spacial score (nSPS) is 16.5. The number of aliphatic hydroxyl groups excluding tert-OH is 1. The van der Waals surface area contributed by atoms with Crippen LogP contribution in [0.5, 0.6) is 0 Å². The molecule has 0 radical (unpaired) electrons. The van der Waals surface area contributed by atoms with Gasteiger partial charge in [-0.3, -0.25) is 0 Å². The molecule has 1 fully saturated rings. The number of benzene rings is 1. The number of hydrogen-bond donors (Lipinski definition) is 1. The van der Waals surface area contributed by atoms with Gasteiger partial charge in [0.2, 0.25) is 0 Å². The summed E-state index contributed by atoms with van der Waals surface area (Å²) in [6.45, 7) is 3.61. The number of halogens is 1. The molecule has 2 aromatic rings. The largest absolute Gasteiger partial charge is 0.389 e. The second-order valence-corrected chi connectivity index (χ2v) is 6.19. The maximum Gasteiger partial charge on any atom is 0.130 e. The van der Waals surface area contributed by atoms with Crippen LogP contribution in [0.1, 0.15) is 43.4 Å². The summed E-state index contributed by atoms with van der Waals surface area (Å²) in [5.74, 6) is 0.813. The third kappa shape index (κ3) is 2.75.